The van der Waals surface area contributed by atoms with Crippen LogP contribution in [0.3, 0.4) is 0 Å². The van der Waals surface area contributed by atoms with E-state index in [2.05, 4.69) is 21.2 Å². The van der Waals surface area contributed by atoms with E-state index in [9.17, 15) is 14.4 Å². The van der Waals surface area contributed by atoms with Crippen LogP contribution in [0.15, 0.2) is 34.8 Å². The molecule has 30 heavy (non-hydrogen) atoms. The average molecular weight is 535 g/mol. The summed E-state index contributed by atoms with van der Waals surface area (Å²) in [4.78, 5) is 38.3. The Hall–Kier alpha value is -1.80. The zero-order valence-corrected chi connectivity index (χ0v) is 19.5. The molecule has 1 aliphatic rings. The summed E-state index contributed by atoms with van der Waals surface area (Å²) in [6.07, 6.45) is -0.0370. The number of rotatable bonds is 5. The summed E-state index contributed by atoms with van der Waals surface area (Å²) in [5.74, 6) is -2.12. The highest BCUT2D eigenvalue weighted by Gasteiger charge is 2.37. The normalized spacial score (nSPS) is 16.0. The average Bonchev–Trinajstić information content (AvgIpc) is 3.10. The maximum Gasteiger partial charge on any atom is 0.311 e. The van der Waals surface area contributed by atoms with Crippen LogP contribution < -0.4 is 10.2 Å². The van der Waals surface area contributed by atoms with Crippen molar-refractivity contribution in [3.63, 3.8) is 0 Å². The Kier molecular flexibility index (Phi) is 7.29. The van der Waals surface area contributed by atoms with Crippen molar-refractivity contribution in [2.75, 3.05) is 23.4 Å². The highest BCUT2D eigenvalue weighted by molar-refractivity contribution is 9.10. The lowest BCUT2D eigenvalue weighted by atomic mass is 10.1. The summed E-state index contributed by atoms with van der Waals surface area (Å²) in [5, 5.41) is 3.91. The van der Waals surface area contributed by atoms with Gasteiger partial charge in [0.2, 0.25) is 5.91 Å². The molecule has 1 aliphatic heterocycles. The lowest BCUT2D eigenvalue weighted by Gasteiger charge is -2.18. The summed E-state index contributed by atoms with van der Waals surface area (Å²) in [7, 11) is 0. The highest BCUT2D eigenvalue weighted by Crippen LogP contribution is 2.34. The van der Waals surface area contributed by atoms with Gasteiger partial charge in [0.1, 0.15) is 0 Å². The smallest absolute Gasteiger partial charge is 0.311 e. The number of halogens is 4. The molecule has 2 amide bonds. The van der Waals surface area contributed by atoms with Gasteiger partial charge in [0.05, 0.1) is 21.7 Å². The third kappa shape index (κ3) is 5.09. The van der Waals surface area contributed by atoms with E-state index < -0.39 is 24.4 Å². The fraction of sp³-hybridized carbons (Fsp3) is 0.250. The molecule has 0 radical (unpaired) electrons. The van der Waals surface area contributed by atoms with E-state index in [1.165, 1.54) is 4.90 Å². The molecule has 158 valence electrons. The molecule has 2 aromatic rings. The van der Waals surface area contributed by atoms with Crippen LogP contribution in [0.25, 0.3) is 0 Å². The topological polar surface area (TPSA) is 75.7 Å². The third-order valence-corrected chi connectivity index (χ3v) is 6.55. The molecule has 0 aliphatic carbocycles. The van der Waals surface area contributed by atoms with Gasteiger partial charge in [-0.1, -0.05) is 34.8 Å². The van der Waals surface area contributed by atoms with Gasteiger partial charge in [-0.2, -0.15) is 0 Å². The molecule has 1 heterocycles. The Labute approximate surface area is 196 Å². The van der Waals surface area contributed by atoms with Gasteiger partial charge in [-0.25, -0.2) is 0 Å². The molecule has 0 aromatic heterocycles. The monoisotopic (exact) mass is 532 g/mol. The number of esters is 1. The van der Waals surface area contributed by atoms with E-state index in [4.69, 9.17) is 39.5 Å². The number of hydrogen-bond donors (Lipinski definition) is 1. The van der Waals surface area contributed by atoms with Gasteiger partial charge in [0.25, 0.3) is 5.91 Å². The molecule has 1 N–H and O–H groups in total. The minimum absolute atomic E-state index is 0.0370. The molecule has 0 unspecified atom stereocenters. The molecule has 1 saturated heterocycles. The number of carbonyl (C=O) groups is 3. The molecule has 2 aromatic carbocycles. The van der Waals surface area contributed by atoms with Gasteiger partial charge < -0.3 is 15.0 Å². The molecule has 1 fully saturated rings. The van der Waals surface area contributed by atoms with Gasteiger partial charge >= 0.3 is 5.97 Å². The summed E-state index contributed by atoms with van der Waals surface area (Å²) >= 11 is 21.6. The molecule has 0 bridgehead atoms. The third-order valence-electron chi connectivity index (χ3n) is 4.62. The standard InChI is InChI=1S/C20H16BrCl3N2O4/c1-10-15(5-3-13(21)19(10)24)25-17(27)9-30-20(29)11-6-18(28)26(8-11)16-7-12(22)2-4-14(16)23/h2-5,7,11H,6,8-9H2,1H3,(H,25,27)/t11-/m0/s1. The summed E-state index contributed by atoms with van der Waals surface area (Å²) in [6.45, 7) is 1.38. The first kappa shape index (κ1) is 22.9. The van der Waals surface area contributed by atoms with E-state index in [1.807, 2.05) is 0 Å². The number of hydrogen-bond acceptors (Lipinski definition) is 4. The number of amides is 2. The summed E-state index contributed by atoms with van der Waals surface area (Å²) in [5.41, 5.74) is 1.63. The number of carbonyl (C=O) groups excluding carboxylic acids is 3. The molecule has 10 heteroatoms. The molecule has 6 nitrogen and oxygen atoms in total. The van der Waals surface area contributed by atoms with Gasteiger partial charge in [-0.15, -0.1) is 0 Å². The highest BCUT2D eigenvalue weighted by atomic mass is 79.9. The zero-order valence-electron chi connectivity index (χ0n) is 15.7. The number of benzene rings is 2. The van der Waals surface area contributed by atoms with E-state index in [0.717, 1.165) is 0 Å². The number of nitrogens with zero attached hydrogens (tertiary/aromatic N) is 1. The van der Waals surface area contributed by atoms with Crippen molar-refractivity contribution in [2.24, 2.45) is 5.92 Å². The molecular weight excluding hydrogens is 518 g/mol. The minimum Gasteiger partial charge on any atom is -0.455 e. The Morgan fingerprint density at radius 1 is 1.23 bits per heavy atom. The molecule has 1 atom stereocenters. The largest absolute Gasteiger partial charge is 0.455 e. The van der Waals surface area contributed by atoms with Crippen LogP contribution in [-0.4, -0.2) is 30.9 Å². The van der Waals surface area contributed by atoms with E-state index >= 15 is 0 Å². The quantitative estimate of drug-likeness (QED) is 0.532. The Bertz CT molecular complexity index is 1030. The predicted molar refractivity (Wildman–Crippen MR) is 120 cm³/mol. The van der Waals surface area contributed by atoms with Gasteiger partial charge in [-0.3, -0.25) is 14.4 Å². The Balaban J connectivity index is 1.58. The van der Waals surface area contributed by atoms with Crippen molar-refractivity contribution >= 4 is 79.9 Å². The fourth-order valence-corrected chi connectivity index (χ4v) is 4.00. The van der Waals surface area contributed by atoms with Crippen LogP contribution >= 0.6 is 50.7 Å². The maximum atomic E-state index is 12.4. The van der Waals surface area contributed by atoms with Crippen LogP contribution in [0.4, 0.5) is 11.4 Å². The SMILES string of the molecule is Cc1c(NC(=O)COC(=O)[C@H]2CC(=O)N(c3cc(Cl)ccc3Cl)C2)ccc(Br)c1Cl. The van der Waals surface area contributed by atoms with Crippen molar-refractivity contribution < 1.29 is 19.1 Å². The molecule has 0 spiro atoms. The first-order chi connectivity index (χ1) is 14.2. The molecule has 3 rings (SSSR count). The van der Waals surface area contributed by atoms with Crippen molar-refractivity contribution in [3.8, 4) is 0 Å². The first-order valence-electron chi connectivity index (χ1n) is 8.84. The zero-order chi connectivity index (χ0) is 22.0. The van der Waals surface area contributed by atoms with Crippen LogP contribution in [0, 0.1) is 12.8 Å². The minimum atomic E-state index is -0.704. The second-order valence-corrected chi connectivity index (χ2v) is 8.77. The predicted octanol–water partition coefficient (Wildman–Crippen LogP) is 5.25. The second-order valence-electron chi connectivity index (χ2n) is 6.69. The van der Waals surface area contributed by atoms with E-state index in [0.29, 0.717) is 36.5 Å². The first-order valence-corrected chi connectivity index (χ1v) is 10.8. The Morgan fingerprint density at radius 2 is 1.97 bits per heavy atom. The van der Waals surface area contributed by atoms with Crippen LogP contribution in [0.5, 0.6) is 0 Å². The fourth-order valence-electron chi connectivity index (χ4n) is 3.02. The van der Waals surface area contributed by atoms with E-state index in [1.54, 1.807) is 37.3 Å². The van der Waals surface area contributed by atoms with E-state index in [-0.39, 0.29) is 18.9 Å². The summed E-state index contributed by atoms with van der Waals surface area (Å²) in [6, 6.07) is 8.15. The van der Waals surface area contributed by atoms with Crippen molar-refractivity contribution in [1.82, 2.24) is 0 Å². The molecule has 0 saturated carbocycles. The maximum absolute atomic E-state index is 12.4. The van der Waals surface area contributed by atoms with Crippen LogP contribution in [0.1, 0.15) is 12.0 Å². The van der Waals surface area contributed by atoms with Crippen molar-refractivity contribution in [1.29, 1.82) is 0 Å². The summed E-state index contributed by atoms with van der Waals surface area (Å²) < 4.78 is 5.82. The lowest BCUT2D eigenvalue weighted by Crippen LogP contribution is -2.28. The lowest BCUT2D eigenvalue weighted by molar-refractivity contribution is -0.151. The molecular formula is C20H16BrCl3N2O4. The van der Waals surface area contributed by atoms with Gasteiger partial charge in [0.15, 0.2) is 6.61 Å². The number of ether oxygens (including phenoxy) is 1. The van der Waals surface area contributed by atoms with Crippen molar-refractivity contribution in [2.45, 2.75) is 13.3 Å². The van der Waals surface area contributed by atoms with Crippen LogP contribution in [-0.2, 0) is 19.1 Å². The number of nitrogens with one attached hydrogen (secondary N) is 1. The Morgan fingerprint density at radius 3 is 2.70 bits per heavy atom. The van der Waals surface area contributed by atoms with Crippen molar-refractivity contribution in [3.05, 3.63) is 55.4 Å². The van der Waals surface area contributed by atoms with Gasteiger partial charge in [0, 0.05) is 28.1 Å². The second kappa shape index (κ2) is 9.56. The number of anilines is 2. The van der Waals surface area contributed by atoms with Crippen LogP contribution in [0.2, 0.25) is 15.1 Å². The van der Waals surface area contributed by atoms with Gasteiger partial charge in [-0.05, 0) is 58.7 Å².